The van der Waals surface area contributed by atoms with Crippen LogP contribution in [0.2, 0.25) is 0 Å². The van der Waals surface area contributed by atoms with Crippen molar-refractivity contribution in [2.75, 3.05) is 5.32 Å². The van der Waals surface area contributed by atoms with E-state index in [9.17, 15) is 4.79 Å². The summed E-state index contributed by atoms with van der Waals surface area (Å²) in [5.41, 5.74) is 6.91. The van der Waals surface area contributed by atoms with Crippen LogP contribution >= 0.6 is 11.3 Å². The number of amides is 1. The molecular formula is C12H19N3OS. The molecule has 0 bridgehead atoms. The second-order valence-electron chi connectivity index (χ2n) is 4.59. The molecule has 0 saturated heterocycles. The van der Waals surface area contributed by atoms with E-state index < -0.39 is 6.04 Å². The van der Waals surface area contributed by atoms with E-state index in [0.29, 0.717) is 11.0 Å². The minimum Gasteiger partial charge on any atom is -0.320 e. The summed E-state index contributed by atoms with van der Waals surface area (Å²) in [7, 11) is 0. The van der Waals surface area contributed by atoms with Crippen LogP contribution in [0, 0.1) is 0 Å². The minimum absolute atomic E-state index is 0.116. The van der Waals surface area contributed by atoms with Crippen LogP contribution < -0.4 is 11.1 Å². The Morgan fingerprint density at radius 1 is 1.71 bits per heavy atom. The first-order valence-corrected chi connectivity index (χ1v) is 7.10. The van der Waals surface area contributed by atoms with E-state index in [2.05, 4.69) is 17.2 Å². The smallest absolute Gasteiger partial charge is 0.243 e. The molecule has 17 heavy (non-hydrogen) atoms. The highest BCUT2D eigenvalue weighted by molar-refractivity contribution is 7.13. The Labute approximate surface area is 106 Å². The van der Waals surface area contributed by atoms with E-state index in [1.165, 1.54) is 24.2 Å². The first-order valence-electron chi connectivity index (χ1n) is 6.22. The fourth-order valence-electron chi connectivity index (χ4n) is 1.66. The summed E-state index contributed by atoms with van der Waals surface area (Å²) in [5.74, 6) is 0.515. The number of nitrogens with two attached hydrogens (primary N) is 1. The van der Waals surface area contributed by atoms with Crippen LogP contribution in [0.5, 0.6) is 0 Å². The normalized spacial score (nSPS) is 16.8. The summed E-state index contributed by atoms with van der Waals surface area (Å²) in [6.07, 6.45) is 5.24. The number of aromatic nitrogens is 1. The van der Waals surface area contributed by atoms with Gasteiger partial charge in [0.25, 0.3) is 0 Å². The van der Waals surface area contributed by atoms with Crippen molar-refractivity contribution in [2.45, 2.75) is 51.0 Å². The van der Waals surface area contributed by atoms with Crippen molar-refractivity contribution in [3.63, 3.8) is 0 Å². The Kier molecular flexibility index (Phi) is 4.12. The summed E-state index contributed by atoms with van der Waals surface area (Å²) >= 11 is 1.49. The number of anilines is 1. The van der Waals surface area contributed by atoms with Gasteiger partial charge >= 0.3 is 0 Å². The first kappa shape index (κ1) is 12.5. The van der Waals surface area contributed by atoms with Crippen LogP contribution in [0.3, 0.4) is 0 Å². The molecule has 1 fully saturated rings. The highest BCUT2D eigenvalue weighted by atomic mass is 32.1. The quantitative estimate of drug-likeness (QED) is 0.818. The molecule has 0 unspecified atom stereocenters. The molecule has 2 rings (SSSR count). The number of carbonyl (C=O) groups excluding carboxylic acids is 1. The molecular weight excluding hydrogens is 234 g/mol. The fourth-order valence-corrected chi connectivity index (χ4v) is 2.46. The number of unbranched alkanes of at least 4 members (excludes halogenated alkanes) is 1. The number of nitrogens with zero attached hydrogens (tertiary/aromatic N) is 1. The molecule has 0 radical (unpaired) electrons. The molecule has 1 heterocycles. The van der Waals surface area contributed by atoms with Gasteiger partial charge < -0.3 is 11.1 Å². The third-order valence-corrected chi connectivity index (χ3v) is 3.73. The van der Waals surface area contributed by atoms with Gasteiger partial charge in [-0.3, -0.25) is 4.79 Å². The number of hydrogen-bond donors (Lipinski definition) is 2. The van der Waals surface area contributed by atoms with Gasteiger partial charge in [0, 0.05) is 11.3 Å². The average Bonchev–Trinajstić information content (AvgIpc) is 3.07. The zero-order chi connectivity index (χ0) is 12.3. The predicted octanol–water partition coefficient (Wildman–Crippen LogP) is 2.48. The molecule has 0 spiro atoms. The van der Waals surface area contributed by atoms with E-state index >= 15 is 0 Å². The van der Waals surface area contributed by atoms with Crippen molar-refractivity contribution in [3.8, 4) is 0 Å². The second-order valence-corrected chi connectivity index (χ2v) is 5.45. The Morgan fingerprint density at radius 3 is 3.12 bits per heavy atom. The van der Waals surface area contributed by atoms with Crippen LogP contribution in [0.4, 0.5) is 5.13 Å². The predicted molar refractivity (Wildman–Crippen MR) is 70.2 cm³/mol. The molecule has 5 heteroatoms. The van der Waals surface area contributed by atoms with E-state index in [1.54, 1.807) is 0 Å². The molecule has 1 atom stereocenters. The van der Waals surface area contributed by atoms with Gasteiger partial charge in [-0.2, -0.15) is 0 Å². The van der Waals surface area contributed by atoms with Gasteiger partial charge in [0.2, 0.25) is 5.91 Å². The van der Waals surface area contributed by atoms with E-state index in [1.807, 2.05) is 5.38 Å². The monoisotopic (exact) mass is 253 g/mol. The lowest BCUT2D eigenvalue weighted by Gasteiger charge is -2.09. The van der Waals surface area contributed by atoms with Gasteiger partial charge in [0.15, 0.2) is 5.13 Å². The molecule has 1 aromatic heterocycles. The van der Waals surface area contributed by atoms with Gasteiger partial charge in [-0.15, -0.1) is 11.3 Å². The summed E-state index contributed by atoms with van der Waals surface area (Å²) < 4.78 is 0. The Balaban J connectivity index is 1.83. The Hall–Kier alpha value is -0.940. The molecule has 0 aliphatic heterocycles. The lowest BCUT2D eigenvalue weighted by Crippen LogP contribution is -2.35. The van der Waals surface area contributed by atoms with Crippen molar-refractivity contribution in [1.82, 2.24) is 4.98 Å². The summed E-state index contributed by atoms with van der Waals surface area (Å²) in [5, 5.41) is 5.51. The molecule has 1 saturated carbocycles. The first-order chi connectivity index (χ1) is 8.20. The number of carbonyl (C=O) groups is 1. The number of nitrogens with one attached hydrogen (secondary N) is 1. The van der Waals surface area contributed by atoms with Crippen molar-refractivity contribution in [2.24, 2.45) is 5.73 Å². The van der Waals surface area contributed by atoms with Crippen molar-refractivity contribution in [3.05, 3.63) is 11.1 Å². The SMILES string of the molecule is CCCC[C@H](N)C(=O)Nc1nc(C2CC2)cs1. The summed E-state index contributed by atoms with van der Waals surface area (Å²) in [4.78, 5) is 16.1. The van der Waals surface area contributed by atoms with Crippen LogP contribution in [-0.2, 0) is 4.79 Å². The fraction of sp³-hybridized carbons (Fsp3) is 0.667. The van der Waals surface area contributed by atoms with Crippen LogP contribution in [0.25, 0.3) is 0 Å². The van der Waals surface area contributed by atoms with Gasteiger partial charge in [-0.1, -0.05) is 19.8 Å². The molecule has 3 N–H and O–H groups in total. The summed E-state index contributed by atoms with van der Waals surface area (Å²) in [6, 6.07) is -0.414. The maximum atomic E-state index is 11.7. The molecule has 1 aliphatic rings. The highest BCUT2D eigenvalue weighted by Gasteiger charge is 2.26. The number of rotatable bonds is 6. The number of hydrogen-bond acceptors (Lipinski definition) is 4. The maximum Gasteiger partial charge on any atom is 0.243 e. The average molecular weight is 253 g/mol. The molecule has 4 nitrogen and oxygen atoms in total. The summed E-state index contributed by atoms with van der Waals surface area (Å²) in [6.45, 7) is 2.09. The van der Waals surface area contributed by atoms with Crippen molar-refractivity contribution < 1.29 is 4.79 Å². The maximum absolute atomic E-state index is 11.7. The topological polar surface area (TPSA) is 68.0 Å². The lowest BCUT2D eigenvalue weighted by atomic mass is 10.1. The molecule has 1 aromatic rings. The van der Waals surface area contributed by atoms with Crippen molar-refractivity contribution >= 4 is 22.4 Å². The third-order valence-electron chi connectivity index (χ3n) is 2.95. The minimum atomic E-state index is -0.414. The zero-order valence-corrected chi connectivity index (χ0v) is 10.9. The molecule has 1 aliphatic carbocycles. The Bertz CT molecular complexity index is 387. The van der Waals surface area contributed by atoms with Crippen molar-refractivity contribution in [1.29, 1.82) is 0 Å². The zero-order valence-electron chi connectivity index (χ0n) is 10.1. The Morgan fingerprint density at radius 2 is 2.47 bits per heavy atom. The highest BCUT2D eigenvalue weighted by Crippen LogP contribution is 2.40. The van der Waals surface area contributed by atoms with Crippen LogP contribution in [0.15, 0.2) is 5.38 Å². The van der Waals surface area contributed by atoms with E-state index in [4.69, 9.17) is 5.73 Å². The standard InChI is InChI=1S/C12H19N3OS/c1-2-3-4-9(13)11(16)15-12-14-10(7-17-12)8-5-6-8/h7-9H,2-6,13H2,1H3,(H,14,15,16)/t9-/m0/s1. The second kappa shape index (κ2) is 5.60. The van der Waals surface area contributed by atoms with Gasteiger partial charge in [-0.25, -0.2) is 4.98 Å². The van der Waals surface area contributed by atoms with E-state index in [0.717, 1.165) is 25.0 Å². The lowest BCUT2D eigenvalue weighted by molar-refractivity contribution is -0.117. The largest absolute Gasteiger partial charge is 0.320 e. The van der Waals surface area contributed by atoms with E-state index in [-0.39, 0.29) is 5.91 Å². The molecule has 1 amide bonds. The van der Waals surface area contributed by atoms with Gasteiger partial charge in [0.1, 0.15) is 0 Å². The third kappa shape index (κ3) is 3.51. The molecule has 0 aromatic carbocycles. The molecule has 94 valence electrons. The number of thiazole rings is 1. The van der Waals surface area contributed by atoms with Gasteiger partial charge in [0.05, 0.1) is 11.7 Å². The van der Waals surface area contributed by atoms with Crippen LogP contribution in [0.1, 0.15) is 50.6 Å². The van der Waals surface area contributed by atoms with Crippen LogP contribution in [-0.4, -0.2) is 16.9 Å². The van der Waals surface area contributed by atoms with Gasteiger partial charge in [-0.05, 0) is 19.3 Å².